The van der Waals surface area contributed by atoms with E-state index in [9.17, 15) is 9.18 Å². The van der Waals surface area contributed by atoms with Gasteiger partial charge in [-0.05, 0) is 47.5 Å². The molecule has 0 radical (unpaired) electrons. The van der Waals surface area contributed by atoms with E-state index in [0.29, 0.717) is 15.0 Å². The Bertz CT molecular complexity index is 713. The number of carbonyl (C=O) groups is 1. The third-order valence-electron chi connectivity index (χ3n) is 2.91. The van der Waals surface area contributed by atoms with Gasteiger partial charge in [0.15, 0.2) is 0 Å². The number of aryl methyl sites for hydroxylation is 1. The molecule has 0 bridgehead atoms. The van der Waals surface area contributed by atoms with E-state index in [1.165, 1.54) is 23.5 Å². The van der Waals surface area contributed by atoms with Crippen molar-refractivity contribution in [3.63, 3.8) is 0 Å². The van der Waals surface area contributed by atoms with Gasteiger partial charge in [-0.1, -0.05) is 6.07 Å². The van der Waals surface area contributed by atoms with Gasteiger partial charge >= 0.3 is 0 Å². The van der Waals surface area contributed by atoms with Gasteiger partial charge in [-0.15, -0.1) is 11.3 Å². The first-order valence-electron chi connectivity index (χ1n) is 5.71. The second-order valence-corrected chi connectivity index (χ2v) is 6.23. The number of thiophene rings is 1. The van der Waals surface area contributed by atoms with Crippen molar-refractivity contribution in [1.29, 1.82) is 5.26 Å². The summed E-state index contributed by atoms with van der Waals surface area (Å²) < 4.78 is 14.1. The summed E-state index contributed by atoms with van der Waals surface area (Å²) in [4.78, 5) is 13.1. The molecule has 0 saturated heterocycles. The van der Waals surface area contributed by atoms with Crippen molar-refractivity contribution in [3.8, 4) is 6.07 Å². The molecule has 1 aromatic carbocycles. The third-order valence-corrected chi connectivity index (χ3v) is 4.70. The Hall–Kier alpha value is -1.71. The largest absolute Gasteiger partial charge is 0.312 e. The Labute approximate surface area is 128 Å². The van der Waals surface area contributed by atoms with Crippen molar-refractivity contribution in [3.05, 3.63) is 50.1 Å². The number of nitriles is 1. The molecular formula is C14H10BrFN2OS. The van der Waals surface area contributed by atoms with Crippen molar-refractivity contribution in [2.45, 2.75) is 13.8 Å². The highest BCUT2D eigenvalue weighted by atomic mass is 79.9. The summed E-state index contributed by atoms with van der Waals surface area (Å²) in [7, 11) is 0. The second kappa shape index (κ2) is 5.73. The van der Waals surface area contributed by atoms with E-state index in [0.717, 1.165) is 10.4 Å². The van der Waals surface area contributed by atoms with Crippen LogP contribution in [0.4, 0.5) is 9.39 Å². The minimum atomic E-state index is -0.611. The maximum absolute atomic E-state index is 13.7. The van der Waals surface area contributed by atoms with Crippen molar-refractivity contribution < 1.29 is 9.18 Å². The third kappa shape index (κ3) is 2.60. The lowest BCUT2D eigenvalue weighted by Crippen LogP contribution is -2.14. The molecule has 20 heavy (non-hydrogen) atoms. The molecule has 1 aromatic heterocycles. The average Bonchev–Trinajstić information content (AvgIpc) is 2.64. The predicted molar refractivity (Wildman–Crippen MR) is 80.6 cm³/mol. The molecule has 1 amide bonds. The first kappa shape index (κ1) is 14.7. The fraction of sp³-hybridized carbons (Fsp3) is 0.143. The zero-order chi connectivity index (χ0) is 14.9. The van der Waals surface area contributed by atoms with Crippen LogP contribution in [0, 0.1) is 31.0 Å². The lowest BCUT2D eigenvalue weighted by molar-refractivity contribution is 0.102. The van der Waals surface area contributed by atoms with E-state index in [1.807, 2.05) is 13.8 Å². The number of nitrogens with one attached hydrogen (secondary N) is 1. The summed E-state index contributed by atoms with van der Waals surface area (Å²) in [6.07, 6.45) is 0. The van der Waals surface area contributed by atoms with E-state index in [-0.39, 0.29) is 5.56 Å². The number of amides is 1. The second-order valence-electron chi connectivity index (χ2n) is 4.15. The molecule has 0 spiro atoms. The summed E-state index contributed by atoms with van der Waals surface area (Å²) in [5, 5.41) is 12.2. The number of hydrogen-bond donors (Lipinski definition) is 1. The van der Waals surface area contributed by atoms with Crippen LogP contribution in [0.15, 0.2) is 22.7 Å². The molecule has 1 N–H and O–H groups in total. The van der Waals surface area contributed by atoms with E-state index >= 15 is 0 Å². The van der Waals surface area contributed by atoms with E-state index in [4.69, 9.17) is 5.26 Å². The summed E-state index contributed by atoms with van der Waals surface area (Å²) in [6.45, 7) is 3.69. The SMILES string of the molecule is Cc1sc(NC(=O)c2c(F)cccc2Br)c(C#N)c1C. The Morgan fingerprint density at radius 1 is 1.45 bits per heavy atom. The van der Waals surface area contributed by atoms with Crippen LogP contribution in [0.3, 0.4) is 0 Å². The van der Waals surface area contributed by atoms with Crippen LogP contribution in [-0.4, -0.2) is 5.91 Å². The van der Waals surface area contributed by atoms with Gasteiger partial charge in [-0.2, -0.15) is 5.26 Å². The number of carbonyl (C=O) groups excluding carboxylic acids is 1. The quantitative estimate of drug-likeness (QED) is 0.871. The van der Waals surface area contributed by atoms with Crippen LogP contribution in [0.25, 0.3) is 0 Å². The Balaban J connectivity index is 2.39. The topological polar surface area (TPSA) is 52.9 Å². The number of nitrogens with zero attached hydrogens (tertiary/aromatic N) is 1. The van der Waals surface area contributed by atoms with Crippen LogP contribution < -0.4 is 5.32 Å². The van der Waals surface area contributed by atoms with E-state index in [1.54, 1.807) is 6.07 Å². The van der Waals surface area contributed by atoms with Gasteiger partial charge in [0.2, 0.25) is 0 Å². The van der Waals surface area contributed by atoms with Gasteiger partial charge in [0.25, 0.3) is 5.91 Å². The molecular weight excluding hydrogens is 343 g/mol. The summed E-state index contributed by atoms with van der Waals surface area (Å²) in [5.74, 6) is -1.19. The van der Waals surface area contributed by atoms with Gasteiger partial charge < -0.3 is 5.32 Å². The highest BCUT2D eigenvalue weighted by Crippen LogP contribution is 2.32. The van der Waals surface area contributed by atoms with Crippen LogP contribution in [0.2, 0.25) is 0 Å². The molecule has 0 aliphatic rings. The van der Waals surface area contributed by atoms with Crippen molar-refractivity contribution in [2.24, 2.45) is 0 Å². The monoisotopic (exact) mass is 352 g/mol. The zero-order valence-electron chi connectivity index (χ0n) is 10.8. The molecule has 102 valence electrons. The minimum Gasteiger partial charge on any atom is -0.312 e. The molecule has 2 rings (SSSR count). The zero-order valence-corrected chi connectivity index (χ0v) is 13.2. The molecule has 0 atom stereocenters. The van der Waals surface area contributed by atoms with Gasteiger partial charge in [-0.3, -0.25) is 4.79 Å². The Morgan fingerprint density at radius 3 is 2.75 bits per heavy atom. The lowest BCUT2D eigenvalue weighted by Gasteiger charge is -2.06. The normalized spacial score (nSPS) is 10.2. The van der Waals surface area contributed by atoms with Crippen molar-refractivity contribution in [1.82, 2.24) is 0 Å². The molecule has 6 heteroatoms. The van der Waals surface area contributed by atoms with Gasteiger partial charge in [0.1, 0.15) is 16.9 Å². The number of hydrogen-bond acceptors (Lipinski definition) is 3. The van der Waals surface area contributed by atoms with Crippen LogP contribution in [0.5, 0.6) is 0 Å². The number of halogens is 2. The lowest BCUT2D eigenvalue weighted by atomic mass is 10.1. The first-order chi connectivity index (χ1) is 9.45. The Kier molecular flexibility index (Phi) is 4.21. The molecule has 0 saturated carbocycles. The number of rotatable bonds is 2. The highest BCUT2D eigenvalue weighted by Gasteiger charge is 2.19. The van der Waals surface area contributed by atoms with E-state index < -0.39 is 11.7 Å². The standard InChI is InChI=1S/C14H10BrFN2OS/c1-7-8(2)20-14(9(7)6-17)18-13(19)12-10(15)4-3-5-11(12)16/h3-5H,1-2H3,(H,18,19). The fourth-order valence-corrected chi connectivity index (χ4v) is 3.26. The number of anilines is 1. The number of benzene rings is 1. The van der Waals surface area contributed by atoms with E-state index in [2.05, 4.69) is 27.3 Å². The molecule has 0 aliphatic carbocycles. The van der Waals surface area contributed by atoms with Crippen LogP contribution in [-0.2, 0) is 0 Å². The molecule has 0 fully saturated rings. The molecule has 1 heterocycles. The summed E-state index contributed by atoms with van der Waals surface area (Å²) in [5.41, 5.74) is 1.19. The van der Waals surface area contributed by atoms with Crippen LogP contribution in [0.1, 0.15) is 26.4 Å². The molecule has 0 aliphatic heterocycles. The van der Waals surface area contributed by atoms with Crippen molar-refractivity contribution in [2.75, 3.05) is 5.32 Å². The molecule has 0 unspecified atom stereocenters. The van der Waals surface area contributed by atoms with Gasteiger partial charge in [0, 0.05) is 9.35 Å². The van der Waals surface area contributed by atoms with Gasteiger partial charge in [-0.25, -0.2) is 4.39 Å². The molecule has 2 aromatic rings. The summed E-state index contributed by atoms with van der Waals surface area (Å²) >= 11 is 4.46. The van der Waals surface area contributed by atoms with Crippen LogP contribution >= 0.6 is 27.3 Å². The fourth-order valence-electron chi connectivity index (χ4n) is 1.73. The van der Waals surface area contributed by atoms with Crippen molar-refractivity contribution >= 4 is 38.2 Å². The summed E-state index contributed by atoms with van der Waals surface area (Å²) in [6, 6.07) is 6.38. The first-order valence-corrected chi connectivity index (χ1v) is 7.32. The minimum absolute atomic E-state index is 0.0694. The Morgan fingerprint density at radius 2 is 2.15 bits per heavy atom. The molecule has 3 nitrogen and oxygen atoms in total. The highest BCUT2D eigenvalue weighted by molar-refractivity contribution is 9.10. The maximum atomic E-state index is 13.7. The smallest absolute Gasteiger partial charge is 0.260 e. The average molecular weight is 353 g/mol. The maximum Gasteiger partial charge on any atom is 0.260 e. The van der Waals surface area contributed by atoms with Gasteiger partial charge in [0.05, 0.1) is 11.1 Å². The predicted octanol–water partition coefficient (Wildman–Crippen LogP) is 4.39.